The van der Waals surface area contributed by atoms with Crippen molar-refractivity contribution in [2.24, 2.45) is 23.1 Å². The first kappa shape index (κ1) is 108. The number of hydrogen-bond acceptors (Lipinski definition) is 29. The van der Waals surface area contributed by atoms with Crippen molar-refractivity contribution in [2.75, 3.05) is 44.9 Å². The van der Waals surface area contributed by atoms with E-state index >= 15 is 0 Å². The van der Waals surface area contributed by atoms with Crippen LogP contribution in [0.2, 0.25) is 0 Å². The highest BCUT2D eigenvalue weighted by Gasteiger charge is 2.40. The molecule has 0 aliphatic heterocycles. The largest absolute Gasteiger partial charge is 0.481 e. The van der Waals surface area contributed by atoms with E-state index in [1.807, 2.05) is 5.32 Å². The zero-order valence-corrected chi connectivity index (χ0v) is 69.9. The number of carbonyl (C=O) groups is 21. The molecule has 2 rings (SSSR count). The third kappa shape index (κ3) is 42.4. The van der Waals surface area contributed by atoms with Crippen molar-refractivity contribution in [3.8, 4) is 0 Å². The molecule has 0 bridgehead atoms. The lowest BCUT2D eigenvalue weighted by molar-refractivity contribution is -0.144. The van der Waals surface area contributed by atoms with Crippen LogP contribution in [0.3, 0.4) is 0 Å². The van der Waals surface area contributed by atoms with Crippen LogP contribution in [-0.2, 0) is 114 Å². The van der Waals surface area contributed by atoms with Crippen LogP contribution in [0.5, 0.6) is 0 Å². The first-order valence-electron chi connectivity index (χ1n) is 39.3. The molecule has 0 saturated carbocycles. The van der Waals surface area contributed by atoms with Gasteiger partial charge in [-0.2, -0.15) is 11.8 Å². The summed E-state index contributed by atoms with van der Waals surface area (Å²) in [6.07, 6.45) is -6.52. The van der Waals surface area contributed by atoms with Gasteiger partial charge in [-0.3, -0.25) is 95.9 Å². The van der Waals surface area contributed by atoms with Crippen LogP contribution in [0.4, 0.5) is 0 Å². The Balaban J connectivity index is 2.39. The Labute approximate surface area is 719 Å². The third-order valence-corrected chi connectivity index (χ3v) is 18.8. The summed E-state index contributed by atoms with van der Waals surface area (Å²) in [5.41, 5.74) is 17.8. The average molecular weight is 1800 g/mol. The summed E-state index contributed by atoms with van der Waals surface area (Å²) in [4.78, 5) is 284. The van der Waals surface area contributed by atoms with Crippen LogP contribution in [0.25, 0.3) is 0 Å². The number of nitrogens with one attached hydrogen (secondary N) is 16. The number of carbonyl (C=O) groups excluding carboxylic acids is 16. The standard InChI is InChI=1S/C74H114N20O30S/c1-35(2)25-47(67(116)91-50(32-95)70(119)83-41(13-9-10-23-75)63(112)84-43(14-18-52(77)99)64(113)86-45(22-24-125-5)66(115)85-44(16-20-56(104)105)65(114)87-46(74(123)124)17-21-57(106)107)88-68(117)49(28-58(108)109)89-71(120)51(33-96)92-73(122)60(37(4)98)94-69(118)48(26-38-11-7-6-8-12-38)90-72(121)59(36(3)97)93-54(101)31-80-62(111)42(15-19-55(102)103)82-53(100)30-79-61(110)40(76)27-39-29-78-34-81-39/h6-8,11-12,29,34-37,40-51,59-60,95-98H,9-10,13-28,30-33,75-76H2,1-5H3,(H2,77,99)(H,78,81)(H,79,110)(H,80,111)(H,82,100)(H,83,119)(H,84,112)(H,85,115)(H,86,113)(H,87,114)(H,88,117)(H,89,120)(H,90,121)(H,91,116)(H,92,122)(H,93,101)(H,94,118)(H,102,103)(H,104,105)(H,106,107)(H,108,109)(H,123,124)/t36-,37-,40+,41+,42+,43+,44+,45+,46+,47+,48+,49+,50+,51+,59+,60+/m1/s1. The maximum Gasteiger partial charge on any atom is 0.326 e. The number of nitrogens with two attached hydrogens (primary N) is 3. The van der Waals surface area contributed by atoms with Crippen molar-refractivity contribution in [1.82, 2.24) is 89.7 Å². The molecule has 16 atom stereocenters. The summed E-state index contributed by atoms with van der Waals surface area (Å²) in [5, 5.41) is 124. The van der Waals surface area contributed by atoms with E-state index in [-0.39, 0.29) is 50.8 Å². The van der Waals surface area contributed by atoms with Crippen LogP contribution < -0.4 is 97.0 Å². The molecule has 1 heterocycles. The van der Waals surface area contributed by atoms with E-state index in [2.05, 4.69) is 84.4 Å². The van der Waals surface area contributed by atoms with Gasteiger partial charge >= 0.3 is 29.8 Å². The topological polar surface area (TPSA) is 828 Å². The Hall–Kier alpha value is -12.6. The van der Waals surface area contributed by atoms with Crippen molar-refractivity contribution in [3.63, 3.8) is 0 Å². The van der Waals surface area contributed by atoms with Crippen molar-refractivity contribution in [3.05, 3.63) is 54.1 Å². The van der Waals surface area contributed by atoms with Crippen LogP contribution in [0.15, 0.2) is 42.9 Å². The molecule has 696 valence electrons. The molecule has 0 unspecified atom stereocenters. The van der Waals surface area contributed by atoms with Gasteiger partial charge in [0.05, 0.1) is 63.0 Å². The maximum atomic E-state index is 14.3. The summed E-state index contributed by atoms with van der Waals surface area (Å²) in [6.45, 7) is 0.910. The number of amides is 16. The number of nitrogens with zero attached hydrogens (tertiary/aromatic N) is 1. The molecule has 0 radical (unpaired) electrons. The zero-order chi connectivity index (χ0) is 94.3. The fourth-order valence-electron chi connectivity index (χ4n) is 11.5. The van der Waals surface area contributed by atoms with E-state index in [0.29, 0.717) is 11.3 Å². The first-order valence-corrected chi connectivity index (χ1v) is 40.6. The second kappa shape index (κ2) is 57.0. The fraction of sp³-hybridized carbons (Fsp3) is 0.595. The van der Waals surface area contributed by atoms with Crippen molar-refractivity contribution >= 4 is 136 Å². The molecule has 125 heavy (non-hydrogen) atoms. The summed E-state index contributed by atoms with van der Waals surface area (Å²) in [5.74, 6) is -27.2. The fourth-order valence-corrected chi connectivity index (χ4v) is 12.0. The van der Waals surface area contributed by atoms with Gasteiger partial charge in [-0.25, -0.2) is 9.78 Å². The molecule has 2 aromatic rings. The maximum absolute atomic E-state index is 14.3. The number of primary amides is 1. The highest BCUT2D eigenvalue weighted by Crippen LogP contribution is 2.14. The molecule has 50 nitrogen and oxygen atoms in total. The third-order valence-electron chi connectivity index (χ3n) is 18.2. The minimum atomic E-state index is -2.19. The molecular weight excluding hydrogens is 1680 g/mol. The van der Waals surface area contributed by atoms with E-state index in [1.54, 1.807) is 26.2 Å². The number of aliphatic hydroxyl groups excluding tert-OH is 4. The zero-order valence-electron chi connectivity index (χ0n) is 69.1. The van der Waals surface area contributed by atoms with Gasteiger partial charge in [0.15, 0.2) is 0 Å². The second-order valence-corrected chi connectivity index (χ2v) is 30.0. The van der Waals surface area contributed by atoms with Gasteiger partial charge in [-0.15, -0.1) is 0 Å². The Morgan fingerprint density at radius 3 is 1.26 bits per heavy atom. The number of unbranched alkanes of at least 4 members (excludes halogenated alkanes) is 1. The highest BCUT2D eigenvalue weighted by molar-refractivity contribution is 7.98. The molecule has 0 spiro atoms. The van der Waals surface area contributed by atoms with Crippen molar-refractivity contribution in [1.29, 1.82) is 0 Å². The van der Waals surface area contributed by atoms with Crippen molar-refractivity contribution in [2.45, 2.75) is 227 Å². The number of aromatic nitrogens is 2. The number of carboxylic acid groups (broad SMARTS) is 5. The van der Waals surface area contributed by atoms with Crippen LogP contribution in [-0.4, -0.2) is 322 Å². The quantitative estimate of drug-likeness (QED) is 0.0274. The number of aromatic amines is 1. The Morgan fingerprint density at radius 1 is 0.424 bits per heavy atom. The average Bonchev–Trinajstić information content (AvgIpc) is 1.06. The minimum Gasteiger partial charge on any atom is -0.481 e. The molecule has 51 heteroatoms. The second-order valence-electron chi connectivity index (χ2n) is 29.0. The van der Waals surface area contributed by atoms with Crippen molar-refractivity contribution < 1.29 is 147 Å². The Kier molecular flexibility index (Phi) is 49.4. The van der Waals surface area contributed by atoms with Crippen LogP contribution >= 0.6 is 11.8 Å². The number of hydrogen-bond donors (Lipinski definition) is 28. The number of thioether (sulfide) groups is 1. The first-order chi connectivity index (χ1) is 58.8. The predicted octanol–water partition coefficient (Wildman–Crippen LogP) is -10.8. The number of H-pyrrole nitrogens is 1. The molecule has 1 aromatic carbocycles. The normalized spacial score (nSPS) is 14.9. The number of benzene rings is 1. The number of imidazole rings is 1. The number of carboxylic acids is 5. The molecule has 1 aromatic heterocycles. The van der Waals surface area contributed by atoms with Gasteiger partial charge in [-0.05, 0) is 102 Å². The monoisotopic (exact) mass is 1790 g/mol. The minimum absolute atomic E-state index is 0.0118. The summed E-state index contributed by atoms with van der Waals surface area (Å²) >= 11 is 1.17. The van der Waals surface area contributed by atoms with E-state index < -0.39 is 318 Å². The van der Waals surface area contributed by atoms with Gasteiger partial charge < -0.3 is 148 Å². The lowest BCUT2D eigenvalue weighted by Gasteiger charge is -2.29. The van der Waals surface area contributed by atoms with Gasteiger partial charge in [-0.1, -0.05) is 44.2 Å². The Bertz CT molecular complexity index is 4010. The molecule has 0 fully saturated rings. The number of aliphatic hydroxyl groups is 4. The molecule has 0 saturated heterocycles. The van der Waals surface area contributed by atoms with E-state index in [4.69, 9.17) is 22.3 Å². The Morgan fingerprint density at radius 2 is 0.816 bits per heavy atom. The van der Waals surface area contributed by atoms with E-state index in [9.17, 15) is 142 Å². The smallest absolute Gasteiger partial charge is 0.326 e. The summed E-state index contributed by atoms with van der Waals surface area (Å²) < 4.78 is 0. The van der Waals surface area contributed by atoms with Gasteiger partial charge in [0.1, 0.15) is 78.5 Å². The SMILES string of the molecule is CSCC[C@H](NC(=O)[C@H](CCC(N)=O)NC(=O)[C@H](CCCCN)NC(=O)[C@H](CO)NC(=O)[C@H](CC(C)C)NC(=O)[C@H](CC(=O)O)NC(=O)[C@H](CO)NC(=O)[C@@H](NC(=O)[C@H](Cc1ccccc1)NC(=O)[C@@H](NC(=O)CNC(=O)[C@H](CCC(=O)O)NC(=O)CNC(=O)[C@@H](N)Cc1c[nH]cn1)[C@@H](C)O)[C@@H](C)O)C(=O)N[C@@H](CCC(=O)O)C(=O)N[C@@H](CCC(=O)O)C(=O)O. The molecule has 0 aliphatic carbocycles. The predicted molar refractivity (Wildman–Crippen MR) is 433 cm³/mol. The van der Waals surface area contributed by atoms with Crippen LogP contribution in [0, 0.1) is 5.92 Å². The number of rotatable bonds is 62. The van der Waals surface area contributed by atoms with Gasteiger partial charge in [0.2, 0.25) is 94.5 Å². The number of aliphatic carboxylic acids is 5. The van der Waals surface area contributed by atoms with Gasteiger partial charge in [0, 0.05) is 44.7 Å². The van der Waals surface area contributed by atoms with Gasteiger partial charge in [0.25, 0.3) is 0 Å². The molecule has 0 aliphatic rings. The van der Waals surface area contributed by atoms with E-state index in [0.717, 1.165) is 13.8 Å². The highest BCUT2D eigenvalue weighted by atomic mass is 32.2. The lowest BCUT2D eigenvalue weighted by Crippen LogP contribution is -2.63. The van der Waals surface area contributed by atoms with Crippen LogP contribution in [0.1, 0.15) is 129 Å². The summed E-state index contributed by atoms with van der Waals surface area (Å²) in [7, 11) is 0. The molecule has 31 N–H and O–H groups in total. The lowest BCUT2D eigenvalue weighted by atomic mass is 10.0. The molecule has 16 amide bonds. The molecular formula is C74H114N20O30S. The summed E-state index contributed by atoms with van der Waals surface area (Å²) in [6, 6.07) is -17.7. The van der Waals surface area contributed by atoms with E-state index in [1.165, 1.54) is 48.6 Å².